The van der Waals surface area contributed by atoms with Crippen LogP contribution in [0.15, 0.2) is 48.5 Å². The summed E-state index contributed by atoms with van der Waals surface area (Å²) in [5.41, 5.74) is 5.20. The lowest BCUT2D eigenvalue weighted by atomic mass is 9.70. The number of halogens is 1. The summed E-state index contributed by atoms with van der Waals surface area (Å²) in [6.07, 6.45) is 2.43. The van der Waals surface area contributed by atoms with Gasteiger partial charge in [-0.1, -0.05) is 60.1 Å². The SMILES string of the molecule is Cc1ccccc1-c1c(B2OC(C)(C)C(C)(C)O2)c(Cl)c2ccccc2c1C1CC1. The summed E-state index contributed by atoms with van der Waals surface area (Å²) in [6.45, 7) is 10.5. The van der Waals surface area contributed by atoms with Crippen molar-refractivity contribution in [3.63, 3.8) is 0 Å². The van der Waals surface area contributed by atoms with Gasteiger partial charge in [-0.2, -0.15) is 0 Å². The minimum atomic E-state index is -0.501. The van der Waals surface area contributed by atoms with E-state index in [-0.39, 0.29) is 0 Å². The van der Waals surface area contributed by atoms with E-state index >= 15 is 0 Å². The third kappa shape index (κ3) is 3.02. The van der Waals surface area contributed by atoms with Crippen LogP contribution in [0.4, 0.5) is 0 Å². The molecular formula is C26H28BClO2. The molecule has 3 aromatic rings. The maximum absolute atomic E-state index is 7.15. The summed E-state index contributed by atoms with van der Waals surface area (Å²) < 4.78 is 13.1. The molecule has 1 saturated heterocycles. The molecule has 0 amide bonds. The van der Waals surface area contributed by atoms with Gasteiger partial charge in [0.15, 0.2) is 0 Å². The van der Waals surface area contributed by atoms with E-state index in [0.717, 1.165) is 15.9 Å². The predicted molar refractivity (Wildman–Crippen MR) is 127 cm³/mol. The van der Waals surface area contributed by atoms with Crippen LogP contribution in [0.1, 0.15) is 57.6 Å². The number of aryl methyl sites for hydroxylation is 1. The number of benzene rings is 3. The van der Waals surface area contributed by atoms with Gasteiger partial charge in [0.2, 0.25) is 0 Å². The predicted octanol–water partition coefficient (Wildman–Crippen LogP) is 6.65. The number of rotatable bonds is 3. The molecule has 0 atom stereocenters. The molecule has 2 nitrogen and oxygen atoms in total. The molecule has 0 spiro atoms. The molecular weight excluding hydrogens is 391 g/mol. The maximum atomic E-state index is 7.15. The van der Waals surface area contributed by atoms with Gasteiger partial charge in [-0.15, -0.1) is 0 Å². The van der Waals surface area contributed by atoms with Crippen molar-refractivity contribution in [1.29, 1.82) is 0 Å². The van der Waals surface area contributed by atoms with Crippen molar-refractivity contribution in [2.24, 2.45) is 0 Å². The molecule has 2 aliphatic rings. The third-order valence-electron chi connectivity index (χ3n) is 7.12. The number of hydrogen-bond acceptors (Lipinski definition) is 2. The third-order valence-corrected chi connectivity index (χ3v) is 7.53. The van der Waals surface area contributed by atoms with Crippen molar-refractivity contribution in [3.8, 4) is 11.1 Å². The second kappa shape index (κ2) is 6.85. The molecule has 0 aromatic heterocycles. The largest absolute Gasteiger partial charge is 0.497 e. The number of fused-ring (bicyclic) bond motifs is 1. The first kappa shape index (κ1) is 20.1. The van der Waals surface area contributed by atoms with Gasteiger partial charge in [-0.25, -0.2) is 0 Å². The Kier molecular flexibility index (Phi) is 4.59. The van der Waals surface area contributed by atoms with Crippen molar-refractivity contribution in [1.82, 2.24) is 0 Å². The summed E-state index contributed by atoms with van der Waals surface area (Å²) in [5, 5.41) is 3.08. The van der Waals surface area contributed by atoms with Crippen molar-refractivity contribution < 1.29 is 9.31 Å². The molecule has 0 N–H and O–H groups in total. The lowest BCUT2D eigenvalue weighted by molar-refractivity contribution is 0.00578. The first-order valence-electron chi connectivity index (χ1n) is 10.9. The fourth-order valence-electron chi connectivity index (χ4n) is 4.57. The average Bonchev–Trinajstić information content (AvgIpc) is 3.49. The summed E-state index contributed by atoms with van der Waals surface area (Å²) in [7, 11) is -0.501. The van der Waals surface area contributed by atoms with Crippen LogP contribution >= 0.6 is 11.6 Å². The standard InChI is InChI=1S/C26H28BClO2/c1-16-10-6-7-11-18(16)22-21(17-14-15-17)19-12-8-9-13-20(19)24(28)23(22)27-29-25(2,3)26(4,5)30-27/h6-13,17H,14-15H2,1-5H3. The second-order valence-electron chi connectivity index (χ2n) is 9.74. The number of hydrogen-bond donors (Lipinski definition) is 0. The Balaban J connectivity index is 1.87. The van der Waals surface area contributed by atoms with Gasteiger partial charge < -0.3 is 9.31 Å². The summed E-state index contributed by atoms with van der Waals surface area (Å²) >= 11 is 7.15. The van der Waals surface area contributed by atoms with Gasteiger partial charge in [0.1, 0.15) is 0 Å². The lowest BCUT2D eigenvalue weighted by Gasteiger charge is -2.32. The molecule has 1 heterocycles. The van der Waals surface area contributed by atoms with E-state index in [0.29, 0.717) is 5.92 Å². The smallest absolute Gasteiger partial charge is 0.399 e. The normalized spacial score (nSPS) is 20.1. The van der Waals surface area contributed by atoms with Crippen LogP contribution in [0.2, 0.25) is 5.02 Å². The average molecular weight is 419 g/mol. The van der Waals surface area contributed by atoms with Crippen molar-refractivity contribution >= 4 is 35.0 Å². The van der Waals surface area contributed by atoms with Crippen LogP contribution in [-0.2, 0) is 9.31 Å². The van der Waals surface area contributed by atoms with Gasteiger partial charge in [0.25, 0.3) is 0 Å². The quantitative estimate of drug-likeness (QED) is 0.443. The fourth-order valence-corrected chi connectivity index (χ4v) is 4.91. The molecule has 4 heteroatoms. The Morgan fingerprint density at radius 3 is 2.03 bits per heavy atom. The molecule has 1 aliphatic carbocycles. The molecule has 0 bridgehead atoms. The molecule has 5 rings (SSSR count). The van der Waals surface area contributed by atoms with Crippen LogP contribution in [0.5, 0.6) is 0 Å². The van der Waals surface area contributed by atoms with E-state index in [9.17, 15) is 0 Å². The van der Waals surface area contributed by atoms with Crippen LogP contribution in [0.3, 0.4) is 0 Å². The van der Waals surface area contributed by atoms with Gasteiger partial charge in [0.05, 0.1) is 11.2 Å². The highest BCUT2D eigenvalue weighted by atomic mass is 35.5. The van der Waals surface area contributed by atoms with Crippen molar-refractivity contribution in [2.75, 3.05) is 0 Å². The Labute approximate surface area is 184 Å². The summed E-state index contributed by atoms with van der Waals surface area (Å²) in [6, 6.07) is 17.1. The van der Waals surface area contributed by atoms with E-state index in [1.165, 1.54) is 40.5 Å². The Morgan fingerprint density at radius 1 is 0.867 bits per heavy atom. The van der Waals surface area contributed by atoms with Crippen molar-refractivity contribution in [3.05, 3.63) is 64.7 Å². The molecule has 1 saturated carbocycles. The molecule has 154 valence electrons. The van der Waals surface area contributed by atoms with Crippen LogP contribution in [0, 0.1) is 6.92 Å². The molecule has 0 radical (unpaired) electrons. The Hall–Kier alpha value is -1.81. The maximum Gasteiger partial charge on any atom is 0.497 e. The van der Waals surface area contributed by atoms with E-state index < -0.39 is 18.3 Å². The van der Waals surface area contributed by atoms with Gasteiger partial charge >= 0.3 is 7.12 Å². The van der Waals surface area contributed by atoms with Gasteiger partial charge in [0, 0.05) is 15.9 Å². The highest BCUT2D eigenvalue weighted by molar-refractivity contribution is 6.68. The molecule has 3 aromatic carbocycles. The zero-order valence-corrected chi connectivity index (χ0v) is 19.1. The Morgan fingerprint density at radius 2 is 1.43 bits per heavy atom. The van der Waals surface area contributed by atoms with Crippen LogP contribution in [0.25, 0.3) is 21.9 Å². The van der Waals surface area contributed by atoms with Gasteiger partial charge in [-0.3, -0.25) is 0 Å². The molecule has 30 heavy (non-hydrogen) atoms. The summed E-state index contributed by atoms with van der Waals surface area (Å²) in [5.74, 6) is 0.558. The highest BCUT2D eigenvalue weighted by Gasteiger charge is 2.53. The lowest BCUT2D eigenvalue weighted by Crippen LogP contribution is -2.41. The molecule has 2 fully saturated rings. The summed E-state index contributed by atoms with van der Waals surface area (Å²) in [4.78, 5) is 0. The highest BCUT2D eigenvalue weighted by Crippen LogP contribution is 2.50. The van der Waals surface area contributed by atoms with Crippen LogP contribution in [-0.4, -0.2) is 18.3 Å². The van der Waals surface area contributed by atoms with E-state index in [1.54, 1.807) is 0 Å². The zero-order chi connectivity index (χ0) is 21.3. The first-order valence-corrected chi connectivity index (χ1v) is 11.2. The topological polar surface area (TPSA) is 18.5 Å². The monoisotopic (exact) mass is 418 g/mol. The Bertz CT molecular complexity index is 1130. The van der Waals surface area contributed by atoms with E-state index in [4.69, 9.17) is 20.9 Å². The molecule has 1 aliphatic heterocycles. The van der Waals surface area contributed by atoms with Crippen LogP contribution < -0.4 is 5.46 Å². The second-order valence-corrected chi connectivity index (χ2v) is 10.1. The van der Waals surface area contributed by atoms with Crippen molar-refractivity contribution in [2.45, 2.75) is 64.6 Å². The van der Waals surface area contributed by atoms with E-state index in [2.05, 4.69) is 83.1 Å². The first-order chi connectivity index (χ1) is 14.2. The van der Waals surface area contributed by atoms with E-state index in [1.807, 2.05) is 0 Å². The fraction of sp³-hybridized carbons (Fsp3) is 0.385. The van der Waals surface area contributed by atoms with Gasteiger partial charge in [-0.05, 0) is 81.0 Å². The minimum Gasteiger partial charge on any atom is -0.399 e. The minimum absolute atomic E-state index is 0.421. The zero-order valence-electron chi connectivity index (χ0n) is 18.4. The molecule has 0 unspecified atom stereocenters.